The maximum atomic E-state index is 11.0. The van der Waals surface area contributed by atoms with Crippen molar-refractivity contribution < 1.29 is 9.90 Å². The smallest absolute Gasteiger partial charge is 0.304 e. The normalized spacial score (nSPS) is 12.6. The van der Waals surface area contributed by atoms with Crippen LogP contribution in [0, 0.1) is 0 Å². The van der Waals surface area contributed by atoms with E-state index in [9.17, 15) is 4.79 Å². The summed E-state index contributed by atoms with van der Waals surface area (Å²) < 4.78 is 0. The van der Waals surface area contributed by atoms with Crippen molar-refractivity contribution in [1.82, 2.24) is 20.6 Å². The van der Waals surface area contributed by atoms with Gasteiger partial charge in [-0.25, -0.2) is 0 Å². The van der Waals surface area contributed by atoms with E-state index in [0.717, 1.165) is 5.56 Å². The van der Waals surface area contributed by atoms with Crippen molar-refractivity contribution in [3.8, 4) is 0 Å². The zero-order chi connectivity index (χ0) is 13.8. The topological polar surface area (TPSA) is 91.8 Å². The maximum absolute atomic E-state index is 11.0. The molecule has 0 amide bonds. The molecule has 2 rings (SSSR count). The summed E-state index contributed by atoms with van der Waals surface area (Å²) in [7, 11) is 0. The van der Waals surface area contributed by atoms with Gasteiger partial charge >= 0.3 is 5.97 Å². The lowest BCUT2D eigenvalue weighted by atomic mass is 9.92. The summed E-state index contributed by atoms with van der Waals surface area (Å²) in [6.07, 6.45) is -0.0550. The van der Waals surface area contributed by atoms with E-state index in [1.165, 1.54) is 5.56 Å². The third kappa shape index (κ3) is 3.15. The Morgan fingerprint density at radius 1 is 1.26 bits per heavy atom. The zero-order valence-electron chi connectivity index (χ0n) is 10.9. The summed E-state index contributed by atoms with van der Waals surface area (Å²) in [5.41, 5.74) is 2.10. The highest BCUT2D eigenvalue weighted by atomic mass is 16.4. The Morgan fingerprint density at radius 2 is 1.89 bits per heavy atom. The monoisotopic (exact) mass is 260 g/mol. The molecular weight excluding hydrogens is 244 g/mol. The first-order valence-electron chi connectivity index (χ1n) is 6.13. The molecule has 6 nitrogen and oxygen atoms in total. The molecule has 1 aromatic heterocycles. The minimum Gasteiger partial charge on any atom is -0.481 e. The molecule has 1 atom stereocenters. The van der Waals surface area contributed by atoms with E-state index in [0.29, 0.717) is 11.7 Å². The summed E-state index contributed by atoms with van der Waals surface area (Å²) in [4.78, 5) is 11.0. The summed E-state index contributed by atoms with van der Waals surface area (Å²) in [6, 6.07) is 7.88. The van der Waals surface area contributed by atoms with Crippen molar-refractivity contribution in [1.29, 1.82) is 0 Å². The number of benzene rings is 1. The molecule has 2 N–H and O–H groups in total. The van der Waals surface area contributed by atoms with Gasteiger partial charge in [-0.05, 0) is 17.0 Å². The molecule has 1 unspecified atom stereocenters. The molecule has 0 fully saturated rings. The molecule has 0 aliphatic rings. The second-order valence-electron chi connectivity index (χ2n) is 4.74. The first-order chi connectivity index (χ1) is 9.08. The van der Waals surface area contributed by atoms with Crippen molar-refractivity contribution >= 4 is 5.97 Å². The Bertz CT molecular complexity index is 534. The highest BCUT2D eigenvalue weighted by Gasteiger charge is 2.21. The quantitative estimate of drug-likeness (QED) is 0.857. The Morgan fingerprint density at radius 3 is 2.37 bits per heavy atom. The zero-order valence-corrected chi connectivity index (χ0v) is 10.9. The van der Waals surface area contributed by atoms with Crippen molar-refractivity contribution in [2.24, 2.45) is 0 Å². The average molecular weight is 260 g/mol. The van der Waals surface area contributed by atoms with E-state index in [4.69, 9.17) is 5.11 Å². The number of H-pyrrole nitrogens is 1. The number of aliphatic carboxylic acids is 1. The van der Waals surface area contributed by atoms with Gasteiger partial charge in [0.05, 0.1) is 12.3 Å². The summed E-state index contributed by atoms with van der Waals surface area (Å²) in [6.45, 7) is 4.23. The lowest BCUT2D eigenvalue weighted by Crippen LogP contribution is -2.10. The Labute approximate surface area is 110 Å². The molecule has 0 radical (unpaired) electrons. The van der Waals surface area contributed by atoms with Gasteiger partial charge in [-0.3, -0.25) is 4.79 Å². The van der Waals surface area contributed by atoms with Crippen LogP contribution in [0.15, 0.2) is 24.3 Å². The number of carboxylic acids is 1. The predicted molar refractivity (Wildman–Crippen MR) is 68.8 cm³/mol. The van der Waals surface area contributed by atoms with E-state index >= 15 is 0 Å². The van der Waals surface area contributed by atoms with Crippen LogP contribution in [0.2, 0.25) is 0 Å². The number of nitrogens with one attached hydrogen (secondary N) is 1. The second-order valence-corrected chi connectivity index (χ2v) is 4.74. The largest absolute Gasteiger partial charge is 0.481 e. The third-order valence-electron chi connectivity index (χ3n) is 3.06. The molecule has 1 heterocycles. The van der Waals surface area contributed by atoms with Gasteiger partial charge in [0.25, 0.3) is 0 Å². The molecule has 0 aliphatic heterocycles. The molecule has 19 heavy (non-hydrogen) atoms. The van der Waals surface area contributed by atoms with E-state index in [-0.39, 0.29) is 12.3 Å². The molecule has 0 spiro atoms. The number of aromatic amines is 1. The number of carboxylic acid groups (broad SMARTS) is 1. The highest BCUT2D eigenvalue weighted by Crippen LogP contribution is 2.26. The number of hydrogen-bond donors (Lipinski definition) is 2. The van der Waals surface area contributed by atoms with Crippen LogP contribution >= 0.6 is 0 Å². The molecule has 0 bridgehead atoms. The third-order valence-corrected chi connectivity index (χ3v) is 3.06. The van der Waals surface area contributed by atoms with Gasteiger partial charge in [0.15, 0.2) is 5.82 Å². The van der Waals surface area contributed by atoms with Crippen molar-refractivity contribution in [3.63, 3.8) is 0 Å². The lowest BCUT2D eigenvalue weighted by Gasteiger charge is -2.13. The second kappa shape index (κ2) is 5.60. The molecule has 2 aromatic rings. The molecule has 1 aromatic carbocycles. The van der Waals surface area contributed by atoms with Gasteiger partial charge in [0.1, 0.15) is 0 Å². The van der Waals surface area contributed by atoms with E-state index in [2.05, 4.69) is 34.5 Å². The number of hydrogen-bond acceptors (Lipinski definition) is 4. The fourth-order valence-corrected chi connectivity index (χ4v) is 1.96. The first-order valence-corrected chi connectivity index (χ1v) is 6.13. The van der Waals surface area contributed by atoms with Crippen molar-refractivity contribution in [3.05, 3.63) is 41.2 Å². The summed E-state index contributed by atoms with van der Waals surface area (Å²) in [5, 5.41) is 22.6. The van der Waals surface area contributed by atoms with Crippen molar-refractivity contribution in [2.45, 2.75) is 32.1 Å². The molecule has 0 saturated carbocycles. The Hall–Kier alpha value is -2.24. The minimum absolute atomic E-state index is 0.0550. The fourth-order valence-electron chi connectivity index (χ4n) is 1.96. The van der Waals surface area contributed by atoms with Crippen LogP contribution in [0.4, 0.5) is 0 Å². The fraction of sp³-hybridized carbons (Fsp3) is 0.385. The van der Waals surface area contributed by atoms with Crippen LogP contribution in [0.25, 0.3) is 0 Å². The molecule has 6 heteroatoms. The first kappa shape index (κ1) is 13.2. The molecule has 0 aliphatic carbocycles. The molecular formula is C13H16N4O2. The van der Waals surface area contributed by atoms with Gasteiger partial charge in [0, 0.05) is 0 Å². The van der Waals surface area contributed by atoms with E-state index < -0.39 is 5.97 Å². The van der Waals surface area contributed by atoms with E-state index in [1.54, 1.807) is 0 Å². The van der Waals surface area contributed by atoms with Crippen LogP contribution in [-0.2, 0) is 4.79 Å². The SMILES string of the molecule is CC(C)c1ccc(C(CC(=O)O)c2nn[nH]n2)cc1. The van der Waals surface area contributed by atoms with Crippen LogP contribution in [0.1, 0.15) is 49.1 Å². The number of aromatic nitrogens is 4. The Balaban J connectivity index is 2.30. The lowest BCUT2D eigenvalue weighted by molar-refractivity contribution is -0.137. The number of tetrazole rings is 1. The standard InChI is InChI=1S/C13H16N4O2/c1-8(2)9-3-5-10(6-4-9)11(7-12(18)19)13-14-16-17-15-13/h3-6,8,11H,7H2,1-2H3,(H,18,19)(H,14,15,16,17). The van der Waals surface area contributed by atoms with Crippen LogP contribution in [-0.4, -0.2) is 31.7 Å². The van der Waals surface area contributed by atoms with Crippen molar-refractivity contribution in [2.75, 3.05) is 0 Å². The highest BCUT2D eigenvalue weighted by molar-refractivity contribution is 5.68. The van der Waals surface area contributed by atoms with Gasteiger partial charge in [-0.1, -0.05) is 43.3 Å². The number of nitrogens with zero attached hydrogens (tertiary/aromatic N) is 3. The number of rotatable bonds is 5. The average Bonchev–Trinajstić information content (AvgIpc) is 2.89. The van der Waals surface area contributed by atoms with Gasteiger partial charge in [-0.15, -0.1) is 10.2 Å². The molecule has 100 valence electrons. The number of carbonyl (C=O) groups is 1. The van der Waals surface area contributed by atoms with Crippen LogP contribution in [0.5, 0.6) is 0 Å². The van der Waals surface area contributed by atoms with Gasteiger partial charge < -0.3 is 5.11 Å². The summed E-state index contributed by atoms with van der Waals surface area (Å²) in [5.74, 6) is -0.419. The predicted octanol–water partition coefficient (Wildman–Crippen LogP) is 1.93. The molecule has 0 saturated heterocycles. The maximum Gasteiger partial charge on any atom is 0.304 e. The van der Waals surface area contributed by atoms with Crippen LogP contribution in [0.3, 0.4) is 0 Å². The minimum atomic E-state index is -0.886. The summed E-state index contributed by atoms with van der Waals surface area (Å²) >= 11 is 0. The van der Waals surface area contributed by atoms with Gasteiger partial charge in [0.2, 0.25) is 0 Å². The van der Waals surface area contributed by atoms with Crippen LogP contribution < -0.4 is 0 Å². The van der Waals surface area contributed by atoms with Gasteiger partial charge in [-0.2, -0.15) is 5.21 Å². The Kier molecular flexibility index (Phi) is 3.89. The van der Waals surface area contributed by atoms with E-state index in [1.807, 2.05) is 24.3 Å².